The van der Waals surface area contributed by atoms with Crippen molar-refractivity contribution in [2.45, 2.75) is 50.1 Å². The van der Waals surface area contributed by atoms with Gasteiger partial charge < -0.3 is 5.32 Å². The van der Waals surface area contributed by atoms with Crippen molar-refractivity contribution in [3.05, 3.63) is 58.9 Å². The molecule has 3 heteroatoms. The lowest BCUT2D eigenvalue weighted by molar-refractivity contribution is 0.574. The maximum absolute atomic E-state index is 14.2. The van der Waals surface area contributed by atoms with Crippen LogP contribution in [0.1, 0.15) is 30.5 Å². The zero-order valence-electron chi connectivity index (χ0n) is 13.0. The summed E-state index contributed by atoms with van der Waals surface area (Å²) in [5, 5.41) is 3.30. The lowest BCUT2D eigenvalue weighted by Crippen LogP contribution is -2.21. The second-order valence-corrected chi connectivity index (χ2v) is 6.76. The molecule has 2 aromatic rings. The molecule has 2 rings (SSSR count). The van der Waals surface area contributed by atoms with E-state index in [1.54, 1.807) is 6.07 Å². The van der Waals surface area contributed by atoms with Gasteiger partial charge in [-0.3, -0.25) is 0 Å². The number of halogens is 1. The minimum atomic E-state index is -0.149. The van der Waals surface area contributed by atoms with Crippen LogP contribution in [0.4, 0.5) is 4.39 Å². The summed E-state index contributed by atoms with van der Waals surface area (Å²) >= 11 is 1.49. The minimum absolute atomic E-state index is 0.149. The summed E-state index contributed by atoms with van der Waals surface area (Å²) in [4.78, 5) is 1.79. The average molecular weight is 303 g/mol. The van der Waals surface area contributed by atoms with Gasteiger partial charge in [-0.1, -0.05) is 43.8 Å². The van der Waals surface area contributed by atoms with Gasteiger partial charge >= 0.3 is 0 Å². The Labute approximate surface area is 131 Å². The first-order valence-electron chi connectivity index (χ1n) is 7.22. The van der Waals surface area contributed by atoms with Crippen LogP contribution in [-0.4, -0.2) is 6.04 Å². The average Bonchev–Trinajstić information content (AvgIpc) is 2.43. The van der Waals surface area contributed by atoms with E-state index in [0.717, 1.165) is 10.5 Å². The lowest BCUT2D eigenvalue weighted by atomic mass is 10.2. The molecular formula is C18H22FNS. The van der Waals surface area contributed by atoms with E-state index < -0.39 is 0 Å². The molecule has 2 aromatic carbocycles. The molecule has 0 heterocycles. The Hall–Kier alpha value is -1.32. The van der Waals surface area contributed by atoms with Gasteiger partial charge in [0.05, 0.1) is 0 Å². The number of nitrogens with one attached hydrogen (secondary N) is 1. The quantitative estimate of drug-likeness (QED) is 0.825. The molecule has 112 valence electrons. The van der Waals surface area contributed by atoms with Gasteiger partial charge in [0.15, 0.2) is 0 Å². The molecule has 0 radical (unpaired) electrons. The fourth-order valence-electron chi connectivity index (χ4n) is 1.99. The van der Waals surface area contributed by atoms with Gasteiger partial charge in [0.25, 0.3) is 0 Å². The SMILES string of the molecule is Cc1ccc(C)c(Sc2ccc(CNC(C)C)cc2F)c1. The molecule has 0 fully saturated rings. The minimum Gasteiger partial charge on any atom is -0.310 e. The number of hydrogen-bond donors (Lipinski definition) is 1. The molecule has 0 aliphatic carbocycles. The summed E-state index contributed by atoms with van der Waals surface area (Å²) in [6.07, 6.45) is 0. The molecule has 0 saturated carbocycles. The smallest absolute Gasteiger partial charge is 0.137 e. The van der Waals surface area contributed by atoms with E-state index in [-0.39, 0.29) is 5.82 Å². The Balaban J connectivity index is 2.15. The lowest BCUT2D eigenvalue weighted by Gasteiger charge is -2.11. The third-order valence-corrected chi connectivity index (χ3v) is 4.49. The maximum Gasteiger partial charge on any atom is 0.137 e. The number of rotatable bonds is 5. The van der Waals surface area contributed by atoms with E-state index in [9.17, 15) is 4.39 Å². The van der Waals surface area contributed by atoms with Crippen LogP contribution in [0.15, 0.2) is 46.2 Å². The Morgan fingerprint density at radius 3 is 2.48 bits per heavy atom. The van der Waals surface area contributed by atoms with Crippen LogP contribution in [-0.2, 0) is 6.54 Å². The van der Waals surface area contributed by atoms with Crippen LogP contribution in [0.3, 0.4) is 0 Å². The van der Waals surface area contributed by atoms with Gasteiger partial charge in [-0.05, 0) is 48.7 Å². The molecule has 0 aliphatic rings. The number of benzene rings is 2. The van der Waals surface area contributed by atoms with E-state index in [0.29, 0.717) is 17.5 Å². The highest BCUT2D eigenvalue weighted by atomic mass is 32.2. The fourth-order valence-corrected chi connectivity index (χ4v) is 3.00. The van der Waals surface area contributed by atoms with Gasteiger partial charge in [-0.25, -0.2) is 4.39 Å². The summed E-state index contributed by atoms with van der Waals surface area (Å²) in [7, 11) is 0. The molecule has 1 nitrogen and oxygen atoms in total. The van der Waals surface area contributed by atoms with Gasteiger partial charge in [0, 0.05) is 22.4 Å². The van der Waals surface area contributed by atoms with E-state index in [2.05, 4.69) is 51.2 Å². The highest BCUT2D eigenvalue weighted by Gasteiger charge is 2.08. The number of hydrogen-bond acceptors (Lipinski definition) is 2. The van der Waals surface area contributed by atoms with Crippen molar-refractivity contribution < 1.29 is 4.39 Å². The normalized spacial score (nSPS) is 11.1. The van der Waals surface area contributed by atoms with Crippen molar-refractivity contribution in [1.82, 2.24) is 5.32 Å². The Bertz CT molecular complexity index is 623. The van der Waals surface area contributed by atoms with Crippen LogP contribution in [0.25, 0.3) is 0 Å². The Morgan fingerprint density at radius 2 is 1.81 bits per heavy atom. The van der Waals surface area contributed by atoms with Crippen molar-refractivity contribution in [1.29, 1.82) is 0 Å². The molecule has 0 spiro atoms. The molecular weight excluding hydrogens is 281 g/mol. The molecule has 0 unspecified atom stereocenters. The molecule has 0 aliphatic heterocycles. The first-order chi connectivity index (χ1) is 9.95. The fraction of sp³-hybridized carbons (Fsp3) is 0.333. The summed E-state index contributed by atoms with van der Waals surface area (Å²) in [6, 6.07) is 12.2. The molecule has 0 saturated heterocycles. The third kappa shape index (κ3) is 4.58. The van der Waals surface area contributed by atoms with Crippen molar-refractivity contribution >= 4 is 11.8 Å². The second kappa shape index (κ2) is 7.10. The maximum atomic E-state index is 14.2. The van der Waals surface area contributed by atoms with Crippen LogP contribution >= 0.6 is 11.8 Å². The highest BCUT2D eigenvalue weighted by Crippen LogP contribution is 2.33. The second-order valence-electron chi connectivity index (χ2n) is 5.67. The molecule has 0 bridgehead atoms. The zero-order valence-corrected chi connectivity index (χ0v) is 13.9. The molecule has 0 aromatic heterocycles. The molecule has 21 heavy (non-hydrogen) atoms. The van der Waals surface area contributed by atoms with Gasteiger partial charge in [0.2, 0.25) is 0 Å². The topological polar surface area (TPSA) is 12.0 Å². The predicted octanol–water partition coefficient (Wildman–Crippen LogP) is 5.09. The van der Waals surface area contributed by atoms with Crippen LogP contribution in [0, 0.1) is 19.7 Å². The summed E-state index contributed by atoms with van der Waals surface area (Å²) in [5.74, 6) is -0.149. The van der Waals surface area contributed by atoms with Gasteiger partial charge in [0.1, 0.15) is 5.82 Å². The van der Waals surface area contributed by atoms with Crippen molar-refractivity contribution in [2.75, 3.05) is 0 Å². The van der Waals surface area contributed by atoms with E-state index in [4.69, 9.17) is 0 Å². The third-order valence-electron chi connectivity index (χ3n) is 3.27. The number of aryl methyl sites for hydroxylation is 2. The van der Waals surface area contributed by atoms with Crippen LogP contribution in [0.5, 0.6) is 0 Å². The van der Waals surface area contributed by atoms with Gasteiger partial charge in [-0.15, -0.1) is 0 Å². The first kappa shape index (κ1) is 16.1. The standard InChI is InChI=1S/C18H22FNS/c1-12(2)20-11-15-7-8-17(16(19)10-15)21-18-9-13(3)5-6-14(18)4/h5-10,12,20H,11H2,1-4H3. The van der Waals surface area contributed by atoms with Crippen LogP contribution < -0.4 is 5.32 Å². The Morgan fingerprint density at radius 1 is 1.05 bits per heavy atom. The Kier molecular flexibility index (Phi) is 5.43. The van der Waals surface area contributed by atoms with E-state index >= 15 is 0 Å². The molecule has 0 atom stereocenters. The van der Waals surface area contributed by atoms with E-state index in [1.165, 1.54) is 22.9 Å². The summed E-state index contributed by atoms with van der Waals surface area (Å²) in [5.41, 5.74) is 3.35. The van der Waals surface area contributed by atoms with Crippen molar-refractivity contribution in [3.63, 3.8) is 0 Å². The largest absolute Gasteiger partial charge is 0.310 e. The van der Waals surface area contributed by atoms with Gasteiger partial charge in [-0.2, -0.15) is 0 Å². The summed E-state index contributed by atoms with van der Waals surface area (Å²) in [6.45, 7) is 8.98. The highest BCUT2D eigenvalue weighted by molar-refractivity contribution is 7.99. The van der Waals surface area contributed by atoms with Crippen molar-refractivity contribution in [2.24, 2.45) is 0 Å². The summed E-state index contributed by atoms with van der Waals surface area (Å²) < 4.78 is 14.2. The zero-order chi connectivity index (χ0) is 15.4. The predicted molar refractivity (Wildman–Crippen MR) is 88.4 cm³/mol. The van der Waals surface area contributed by atoms with Crippen LogP contribution in [0.2, 0.25) is 0 Å². The van der Waals surface area contributed by atoms with Crippen molar-refractivity contribution in [3.8, 4) is 0 Å². The monoisotopic (exact) mass is 303 g/mol. The van der Waals surface area contributed by atoms with E-state index in [1.807, 2.05) is 12.1 Å². The molecule has 0 amide bonds. The first-order valence-corrected chi connectivity index (χ1v) is 8.04. The molecule has 1 N–H and O–H groups in total.